The van der Waals surface area contributed by atoms with Gasteiger partial charge in [-0.15, -0.1) is 0 Å². The highest BCUT2D eigenvalue weighted by Crippen LogP contribution is 2.42. The first-order valence-electron chi connectivity index (χ1n) is 5.18. The van der Waals surface area contributed by atoms with Crippen molar-refractivity contribution in [2.45, 2.75) is 24.9 Å². The van der Waals surface area contributed by atoms with E-state index in [0.717, 1.165) is 18.2 Å². The van der Waals surface area contributed by atoms with E-state index in [0.29, 0.717) is 0 Å². The van der Waals surface area contributed by atoms with Gasteiger partial charge in [-0.05, 0) is 23.8 Å². The van der Waals surface area contributed by atoms with E-state index >= 15 is 0 Å². The van der Waals surface area contributed by atoms with Gasteiger partial charge >= 0.3 is 12.4 Å². The molecule has 0 aliphatic rings. The summed E-state index contributed by atoms with van der Waals surface area (Å²) in [4.78, 5) is 0. The number of alkyl halides is 6. The molecule has 1 aromatic rings. The lowest BCUT2D eigenvalue weighted by Gasteiger charge is -2.27. The molecule has 1 N–H and O–H groups in total. The van der Waals surface area contributed by atoms with Gasteiger partial charge in [0.05, 0.1) is 6.10 Å². The average Bonchev–Trinajstić information content (AvgIpc) is 2.18. The van der Waals surface area contributed by atoms with E-state index in [4.69, 9.17) is 0 Å². The molecule has 1 unspecified atom stereocenters. The molecule has 0 aromatic heterocycles. The van der Waals surface area contributed by atoms with E-state index in [2.05, 4.69) is 15.9 Å². The van der Waals surface area contributed by atoms with Crippen LogP contribution in [0.15, 0.2) is 22.7 Å². The molecule has 0 saturated carbocycles. The molecule has 114 valence electrons. The van der Waals surface area contributed by atoms with Gasteiger partial charge in [-0.1, -0.05) is 15.9 Å². The number of halogens is 8. The Morgan fingerprint density at radius 2 is 1.55 bits per heavy atom. The van der Waals surface area contributed by atoms with Crippen LogP contribution >= 0.6 is 15.9 Å². The molecule has 0 aliphatic heterocycles. The number of benzene rings is 1. The molecule has 0 amide bonds. The molecular weight excluding hydrogens is 361 g/mol. The summed E-state index contributed by atoms with van der Waals surface area (Å²) in [5.41, 5.74) is -0.184. The largest absolute Gasteiger partial charge is 0.403 e. The van der Waals surface area contributed by atoms with E-state index in [1.54, 1.807) is 0 Å². The standard InChI is InChI=1S/C11H8BrF7O/c12-7-2-1-6(13)3-5(7)4-8(20)9(10(14,15)16)11(17,18)19/h1-3,8-9,20H,4H2. The van der Waals surface area contributed by atoms with E-state index in [1.807, 2.05) is 0 Å². The van der Waals surface area contributed by atoms with Crippen LogP contribution in [0.5, 0.6) is 0 Å². The van der Waals surface area contributed by atoms with Gasteiger partial charge in [0.2, 0.25) is 0 Å². The van der Waals surface area contributed by atoms with E-state index in [1.165, 1.54) is 0 Å². The van der Waals surface area contributed by atoms with E-state index < -0.39 is 36.6 Å². The minimum atomic E-state index is -5.64. The van der Waals surface area contributed by atoms with Crippen LogP contribution in [0.2, 0.25) is 0 Å². The summed E-state index contributed by atoms with van der Waals surface area (Å²) in [6, 6.07) is 2.87. The summed E-state index contributed by atoms with van der Waals surface area (Å²) >= 11 is 2.87. The summed E-state index contributed by atoms with van der Waals surface area (Å²) in [7, 11) is 0. The summed E-state index contributed by atoms with van der Waals surface area (Å²) in [5.74, 6) is -4.71. The molecule has 0 saturated heterocycles. The number of hydrogen-bond acceptors (Lipinski definition) is 1. The Balaban J connectivity index is 3.03. The van der Waals surface area contributed by atoms with Crippen molar-refractivity contribution in [3.8, 4) is 0 Å². The highest BCUT2D eigenvalue weighted by Gasteiger charge is 2.60. The third-order valence-electron chi connectivity index (χ3n) is 2.53. The third-order valence-corrected chi connectivity index (χ3v) is 3.30. The second kappa shape index (κ2) is 5.88. The molecule has 0 spiro atoms. The van der Waals surface area contributed by atoms with Gasteiger partial charge in [-0.2, -0.15) is 26.3 Å². The molecule has 0 aliphatic carbocycles. The first kappa shape index (κ1) is 17.2. The summed E-state index contributed by atoms with van der Waals surface area (Å²) in [5, 5.41) is 9.27. The monoisotopic (exact) mass is 368 g/mol. The maximum Gasteiger partial charge on any atom is 0.403 e. The zero-order valence-corrected chi connectivity index (χ0v) is 11.2. The van der Waals surface area contributed by atoms with Gasteiger partial charge in [0, 0.05) is 10.9 Å². The van der Waals surface area contributed by atoms with Crippen LogP contribution < -0.4 is 0 Å². The number of aliphatic hydroxyl groups excluding tert-OH is 1. The molecule has 1 rings (SSSR count). The summed E-state index contributed by atoms with van der Waals surface area (Å²) in [6.45, 7) is 0. The minimum Gasteiger partial charge on any atom is -0.392 e. The highest BCUT2D eigenvalue weighted by atomic mass is 79.9. The molecule has 0 heterocycles. The Morgan fingerprint density at radius 3 is 2.00 bits per heavy atom. The maximum atomic E-state index is 12.9. The summed E-state index contributed by atoms with van der Waals surface area (Å²) in [6.07, 6.45) is -15.0. The SMILES string of the molecule is OC(Cc1cc(F)ccc1Br)C(C(F)(F)F)C(F)(F)F. The number of aliphatic hydroxyl groups is 1. The fourth-order valence-electron chi connectivity index (χ4n) is 1.66. The lowest BCUT2D eigenvalue weighted by atomic mass is 9.95. The molecule has 1 aromatic carbocycles. The van der Waals surface area contributed by atoms with Crippen LogP contribution in [-0.2, 0) is 6.42 Å². The average molecular weight is 369 g/mol. The number of rotatable bonds is 3. The molecule has 0 radical (unpaired) electrons. The zero-order chi connectivity index (χ0) is 15.7. The van der Waals surface area contributed by atoms with Crippen LogP contribution in [0.4, 0.5) is 30.7 Å². The first-order chi connectivity index (χ1) is 8.93. The van der Waals surface area contributed by atoms with Crippen molar-refractivity contribution in [1.82, 2.24) is 0 Å². The Bertz CT molecular complexity index is 455. The van der Waals surface area contributed by atoms with Crippen molar-refractivity contribution >= 4 is 15.9 Å². The maximum absolute atomic E-state index is 12.9. The molecule has 0 bridgehead atoms. The van der Waals surface area contributed by atoms with Crippen molar-refractivity contribution in [3.63, 3.8) is 0 Å². The van der Waals surface area contributed by atoms with Crippen molar-refractivity contribution in [2.75, 3.05) is 0 Å². The normalized spacial score (nSPS) is 14.7. The highest BCUT2D eigenvalue weighted by molar-refractivity contribution is 9.10. The van der Waals surface area contributed by atoms with Crippen molar-refractivity contribution in [3.05, 3.63) is 34.1 Å². The van der Waals surface area contributed by atoms with Crippen LogP contribution in [0.1, 0.15) is 5.56 Å². The Morgan fingerprint density at radius 1 is 1.05 bits per heavy atom. The van der Waals surface area contributed by atoms with Crippen LogP contribution in [-0.4, -0.2) is 23.6 Å². The summed E-state index contributed by atoms with van der Waals surface area (Å²) < 4.78 is 87.3. The molecular formula is C11H8BrF7O. The molecule has 20 heavy (non-hydrogen) atoms. The third kappa shape index (κ3) is 4.34. The second-order valence-electron chi connectivity index (χ2n) is 4.07. The van der Waals surface area contributed by atoms with Gasteiger partial charge < -0.3 is 5.11 Å². The van der Waals surface area contributed by atoms with Gasteiger partial charge in [-0.3, -0.25) is 0 Å². The molecule has 0 fully saturated rings. The van der Waals surface area contributed by atoms with E-state index in [-0.39, 0.29) is 10.0 Å². The molecule has 1 atom stereocenters. The minimum absolute atomic E-state index is 0.112. The van der Waals surface area contributed by atoms with Crippen LogP contribution in [0.3, 0.4) is 0 Å². The predicted octanol–water partition coefficient (Wildman–Crippen LogP) is 4.23. The Kier molecular flexibility index (Phi) is 5.07. The first-order valence-corrected chi connectivity index (χ1v) is 5.97. The second-order valence-corrected chi connectivity index (χ2v) is 4.92. The smallest absolute Gasteiger partial charge is 0.392 e. The van der Waals surface area contributed by atoms with Crippen molar-refractivity contribution in [2.24, 2.45) is 5.92 Å². The van der Waals surface area contributed by atoms with Crippen molar-refractivity contribution in [1.29, 1.82) is 0 Å². The van der Waals surface area contributed by atoms with Crippen molar-refractivity contribution < 1.29 is 35.8 Å². The quantitative estimate of drug-likeness (QED) is 0.791. The molecule has 9 heteroatoms. The lowest BCUT2D eigenvalue weighted by molar-refractivity contribution is -0.305. The van der Waals surface area contributed by atoms with E-state index in [9.17, 15) is 35.8 Å². The van der Waals surface area contributed by atoms with Crippen LogP contribution in [0, 0.1) is 11.7 Å². The Hall–Kier alpha value is -0.830. The fraction of sp³-hybridized carbons (Fsp3) is 0.455. The van der Waals surface area contributed by atoms with Gasteiger partial charge in [0.15, 0.2) is 5.92 Å². The lowest BCUT2D eigenvalue weighted by Crippen LogP contribution is -2.45. The van der Waals surface area contributed by atoms with Crippen LogP contribution in [0.25, 0.3) is 0 Å². The number of hydrogen-bond donors (Lipinski definition) is 1. The Labute approximate surface area is 117 Å². The fourth-order valence-corrected chi connectivity index (χ4v) is 2.07. The van der Waals surface area contributed by atoms with Gasteiger partial charge in [-0.25, -0.2) is 4.39 Å². The van der Waals surface area contributed by atoms with Gasteiger partial charge in [0.25, 0.3) is 0 Å². The zero-order valence-electron chi connectivity index (χ0n) is 9.56. The van der Waals surface area contributed by atoms with Gasteiger partial charge in [0.1, 0.15) is 5.82 Å². The topological polar surface area (TPSA) is 20.2 Å². The predicted molar refractivity (Wildman–Crippen MR) is 59.4 cm³/mol. The molecule has 1 nitrogen and oxygen atoms in total.